The largest absolute Gasteiger partial charge is 0.484 e. The topological polar surface area (TPSA) is 58.6 Å². The summed E-state index contributed by atoms with van der Waals surface area (Å²) in [6.45, 7) is 4.74. The lowest BCUT2D eigenvalue weighted by molar-refractivity contribution is -0.142. The second-order valence-electron chi connectivity index (χ2n) is 8.11. The Morgan fingerprint density at radius 1 is 0.909 bits per heavy atom. The summed E-state index contributed by atoms with van der Waals surface area (Å²) in [6.07, 6.45) is 1.26. The molecule has 0 aromatic heterocycles. The molecule has 0 fully saturated rings. The van der Waals surface area contributed by atoms with Gasteiger partial charge in [0.05, 0.1) is 0 Å². The molecule has 172 valence electrons. The molecule has 1 N–H and O–H groups in total. The minimum absolute atomic E-state index is 0.136. The van der Waals surface area contributed by atoms with Gasteiger partial charge in [-0.05, 0) is 42.2 Å². The normalized spacial score (nSPS) is 11.5. The number of nitrogens with one attached hydrogen (secondary N) is 1. The van der Waals surface area contributed by atoms with Crippen LogP contribution in [-0.2, 0) is 22.6 Å². The number of nitrogens with zero attached hydrogens (tertiary/aromatic N) is 1. The summed E-state index contributed by atoms with van der Waals surface area (Å²) in [5.74, 6) is 0.256. The quantitative estimate of drug-likeness (QED) is 0.472. The smallest absolute Gasteiger partial charge is 0.261 e. The van der Waals surface area contributed by atoms with Gasteiger partial charge in [0.15, 0.2) is 6.61 Å². The summed E-state index contributed by atoms with van der Waals surface area (Å²) in [5, 5.41) is 2.98. The number of ether oxygens (including phenoxy) is 1. The Hall–Kier alpha value is -3.60. The second kappa shape index (κ2) is 12.4. The number of aryl methyl sites for hydroxylation is 1. The Morgan fingerprint density at radius 3 is 2.21 bits per heavy atom. The highest BCUT2D eigenvalue weighted by Crippen LogP contribution is 2.17. The second-order valence-corrected chi connectivity index (χ2v) is 8.11. The van der Waals surface area contributed by atoms with Crippen molar-refractivity contribution in [2.75, 3.05) is 13.2 Å². The van der Waals surface area contributed by atoms with Crippen molar-refractivity contribution < 1.29 is 14.3 Å². The Balaban J connectivity index is 1.86. The van der Waals surface area contributed by atoms with Gasteiger partial charge in [-0.25, -0.2) is 0 Å². The van der Waals surface area contributed by atoms with E-state index in [0.29, 0.717) is 25.3 Å². The van der Waals surface area contributed by atoms with Gasteiger partial charge >= 0.3 is 0 Å². The van der Waals surface area contributed by atoms with Gasteiger partial charge in [0.25, 0.3) is 5.91 Å². The van der Waals surface area contributed by atoms with Crippen LogP contribution in [0.1, 0.15) is 30.0 Å². The maximum atomic E-state index is 13.4. The Bertz CT molecular complexity index is 1020. The van der Waals surface area contributed by atoms with E-state index in [1.807, 2.05) is 98.8 Å². The number of carbonyl (C=O) groups excluding carboxylic acids is 2. The zero-order chi connectivity index (χ0) is 23.5. The maximum absolute atomic E-state index is 13.4. The van der Waals surface area contributed by atoms with E-state index in [1.165, 1.54) is 0 Å². The van der Waals surface area contributed by atoms with Crippen LogP contribution in [0.15, 0.2) is 84.9 Å². The van der Waals surface area contributed by atoms with E-state index in [2.05, 4.69) is 5.32 Å². The predicted molar refractivity (Wildman–Crippen MR) is 131 cm³/mol. The van der Waals surface area contributed by atoms with E-state index in [0.717, 1.165) is 23.1 Å². The number of rotatable bonds is 11. The molecule has 2 amide bonds. The molecule has 0 aliphatic carbocycles. The van der Waals surface area contributed by atoms with Crippen molar-refractivity contribution in [3.05, 3.63) is 102 Å². The first kappa shape index (κ1) is 24.1. The van der Waals surface area contributed by atoms with E-state index in [1.54, 1.807) is 4.90 Å². The van der Waals surface area contributed by atoms with E-state index in [-0.39, 0.29) is 18.4 Å². The van der Waals surface area contributed by atoms with Gasteiger partial charge < -0.3 is 15.0 Å². The fraction of sp³-hybridized carbons (Fsp3) is 0.286. The molecule has 0 heterocycles. The molecule has 0 saturated carbocycles. The average Bonchev–Trinajstić information content (AvgIpc) is 2.84. The van der Waals surface area contributed by atoms with Crippen LogP contribution < -0.4 is 10.1 Å². The lowest BCUT2D eigenvalue weighted by Crippen LogP contribution is -2.51. The third-order valence-corrected chi connectivity index (χ3v) is 5.37. The molecule has 0 saturated heterocycles. The number of hydrogen-bond donors (Lipinski definition) is 1. The van der Waals surface area contributed by atoms with Crippen LogP contribution in [0.2, 0.25) is 0 Å². The van der Waals surface area contributed by atoms with Gasteiger partial charge in [0.2, 0.25) is 5.91 Å². The first-order valence-corrected chi connectivity index (χ1v) is 11.4. The molecule has 0 spiro atoms. The van der Waals surface area contributed by atoms with E-state index >= 15 is 0 Å². The minimum Gasteiger partial charge on any atom is -0.484 e. The number of amides is 2. The molecule has 1 atom stereocenters. The van der Waals surface area contributed by atoms with Gasteiger partial charge in [-0.15, -0.1) is 0 Å². The van der Waals surface area contributed by atoms with Crippen LogP contribution in [0.3, 0.4) is 0 Å². The monoisotopic (exact) mass is 444 g/mol. The van der Waals surface area contributed by atoms with Crippen LogP contribution in [0.5, 0.6) is 5.75 Å². The zero-order valence-corrected chi connectivity index (χ0v) is 19.4. The molecular formula is C28H32N2O3. The molecule has 5 nitrogen and oxygen atoms in total. The molecule has 33 heavy (non-hydrogen) atoms. The molecular weight excluding hydrogens is 412 g/mol. The molecule has 1 unspecified atom stereocenters. The highest BCUT2D eigenvalue weighted by atomic mass is 16.5. The summed E-state index contributed by atoms with van der Waals surface area (Å²) < 4.78 is 5.81. The van der Waals surface area contributed by atoms with Crippen molar-refractivity contribution in [2.24, 2.45) is 0 Å². The Labute approximate surface area is 196 Å². The third kappa shape index (κ3) is 7.49. The molecule has 0 bridgehead atoms. The number of benzene rings is 3. The first-order chi connectivity index (χ1) is 16.1. The van der Waals surface area contributed by atoms with E-state index in [9.17, 15) is 9.59 Å². The Kier molecular flexibility index (Phi) is 9.07. The van der Waals surface area contributed by atoms with Gasteiger partial charge in [0.1, 0.15) is 11.8 Å². The third-order valence-electron chi connectivity index (χ3n) is 5.37. The van der Waals surface area contributed by atoms with Crippen molar-refractivity contribution in [1.29, 1.82) is 0 Å². The first-order valence-electron chi connectivity index (χ1n) is 11.4. The van der Waals surface area contributed by atoms with Gasteiger partial charge in [0, 0.05) is 19.5 Å². The number of carbonyl (C=O) groups is 2. The van der Waals surface area contributed by atoms with Crippen molar-refractivity contribution in [1.82, 2.24) is 10.2 Å². The lowest BCUT2D eigenvalue weighted by atomic mass is 10.0. The molecule has 0 aliphatic rings. The Morgan fingerprint density at radius 2 is 1.58 bits per heavy atom. The summed E-state index contributed by atoms with van der Waals surface area (Å²) in [7, 11) is 0. The standard InChI is InChI=1S/C28H32N2O3/c1-3-17-29-28(32)26(19-23-12-6-4-7-13-23)30(20-24-14-8-5-9-15-24)27(31)21-33-25-16-10-11-22(2)18-25/h4-16,18,26H,3,17,19-21H2,1-2H3,(H,29,32). The molecule has 5 heteroatoms. The van der Waals surface area contributed by atoms with Crippen LogP contribution in [0.4, 0.5) is 0 Å². The summed E-state index contributed by atoms with van der Waals surface area (Å²) in [4.78, 5) is 28.3. The fourth-order valence-electron chi connectivity index (χ4n) is 3.63. The summed E-state index contributed by atoms with van der Waals surface area (Å²) in [5.41, 5.74) is 3.02. The highest BCUT2D eigenvalue weighted by Gasteiger charge is 2.30. The van der Waals surface area contributed by atoms with Crippen LogP contribution >= 0.6 is 0 Å². The van der Waals surface area contributed by atoms with Crippen molar-refractivity contribution in [3.8, 4) is 5.75 Å². The molecule has 3 rings (SSSR count). The lowest BCUT2D eigenvalue weighted by Gasteiger charge is -2.31. The van der Waals surface area contributed by atoms with Crippen molar-refractivity contribution >= 4 is 11.8 Å². The molecule has 0 aliphatic heterocycles. The zero-order valence-electron chi connectivity index (χ0n) is 19.4. The van der Waals surface area contributed by atoms with Crippen LogP contribution in [0.25, 0.3) is 0 Å². The van der Waals surface area contributed by atoms with E-state index in [4.69, 9.17) is 4.74 Å². The highest BCUT2D eigenvalue weighted by molar-refractivity contribution is 5.88. The maximum Gasteiger partial charge on any atom is 0.261 e. The SMILES string of the molecule is CCCNC(=O)C(Cc1ccccc1)N(Cc1ccccc1)C(=O)COc1cccc(C)c1. The molecule has 3 aromatic rings. The van der Waals surface area contributed by atoms with Gasteiger partial charge in [-0.1, -0.05) is 79.7 Å². The average molecular weight is 445 g/mol. The molecule has 3 aromatic carbocycles. The van der Waals surface area contributed by atoms with E-state index < -0.39 is 6.04 Å². The predicted octanol–water partition coefficient (Wildman–Crippen LogP) is 4.54. The van der Waals surface area contributed by atoms with Crippen molar-refractivity contribution in [2.45, 2.75) is 39.3 Å². The van der Waals surface area contributed by atoms with Gasteiger partial charge in [-0.2, -0.15) is 0 Å². The molecule has 0 radical (unpaired) electrons. The van der Waals surface area contributed by atoms with Crippen LogP contribution in [-0.4, -0.2) is 35.9 Å². The van der Waals surface area contributed by atoms with Gasteiger partial charge in [-0.3, -0.25) is 9.59 Å². The van der Waals surface area contributed by atoms with Crippen LogP contribution in [0, 0.1) is 6.92 Å². The minimum atomic E-state index is -0.646. The fourth-order valence-corrected chi connectivity index (χ4v) is 3.63. The van der Waals surface area contributed by atoms with Crippen molar-refractivity contribution in [3.63, 3.8) is 0 Å². The summed E-state index contributed by atoms with van der Waals surface area (Å²) >= 11 is 0. The summed E-state index contributed by atoms with van der Waals surface area (Å²) in [6, 6.07) is 26.5. The number of hydrogen-bond acceptors (Lipinski definition) is 3.